The van der Waals surface area contributed by atoms with Gasteiger partial charge in [-0.1, -0.05) is 12.5 Å². The van der Waals surface area contributed by atoms with Gasteiger partial charge >= 0.3 is 0 Å². The molecule has 0 spiro atoms. The highest BCUT2D eigenvalue weighted by Crippen LogP contribution is 2.27. The van der Waals surface area contributed by atoms with E-state index in [9.17, 15) is 13.6 Å². The molecule has 1 atom stereocenters. The van der Waals surface area contributed by atoms with E-state index in [1.165, 1.54) is 18.2 Å². The maximum Gasteiger partial charge on any atom is 0.252 e. The van der Waals surface area contributed by atoms with Crippen molar-refractivity contribution in [2.45, 2.75) is 31.7 Å². The van der Waals surface area contributed by atoms with Gasteiger partial charge in [-0.3, -0.25) is 4.79 Å². The average molecular weight is 359 g/mol. The Balaban J connectivity index is 2.01. The summed E-state index contributed by atoms with van der Waals surface area (Å²) in [5.74, 6) is -2.27. The second-order valence-electron chi connectivity index (χ2n) is 6.14. The lowest BCUT2D eigenvalue weighted by molar-refractivity contribution is 0.100. The minimum Gasteiger partial charge on any atom is -0.365 e. The third-order valence-corrected chi connectivity index (χ3v) is 4.19. The van der Waals surface area contributed by atoms with Crippen LogP contribution in [0.3, 0.4) is 0 Å². The topological polar surface area (TPSA) is 106 Å². The molecule has 5 N–H and O–H groups in total. The van der Waals surface area contributed by atoms with Crippen LogP contribution in [0.4, 0.5) is 26.1 Å². The molecule has 8 heteroatoms. The zero-order chi connectivity index (χ0) is 18.7. The van der Waals surface area contributed by atoms with Gasteiger partial charge in [0.2, 0.25) is 0 Å². The molecule has 1 aliphatic carbocycles. The van der Waals surface area contributed by atoms with E-state index >= 15 is 0 Å². The highest BCUT2D eigenvalue weighted by atomic mass is 19.1. The first kappa shape index (κ1) is 17.9. The molecule has 6 nitrogen and oxygen atoms in total. The molecule has 2 aromatic rings. The second kappa shape index (κ2) is 7.57. The normalized spacial score (nSPS) is 18.7. The molecule has 1 aromatic carbocycles. The summed E-state index contributed by atoms with van der Waals surface area (Å²) >= 11 is 0. The van der Waals surface area contributed by atoms with Gasteiger partial charge in [0.05, 0.1) is 5.56 Å². The van der Waals surface area contributed by atoms with E-state index in [2.05, 4.69) is 15.3 Å². The van der Waals surface area contributed by atoms with Gasteiger partial charge in [-0.25, -0.2) is 18.8 Å². The highest BCUT2D eigenvalue weighted by Gasteiger charge is 2.20. The smallest absolute Gasteiger partial charge is 0.252 e. The number of halogens is 2. The van der Waals surface area contributed by atoms with E-state index < -0.39 is 17.5 Å². The van der Waals surface area contributed by atoms with Crippen molar-refractivity contribution in [1.29, 1.82) is 0 Å². The Labute approximate surface area is 149 Å². The summed E-state index contributed by atoms with van der Waals surface area (Å²) < 4.78 is 27.7. The first-order valence-corrected chi connectivity index (χ1v) is 8.30. The average Bonchev–Trinajstić information content (AvgIpc) is 2.59. The minimum atomic E-state index is -0.858. The number of nitrogens with one attached hydrogen (secondary N) is 1. The molecule has 3 rings (SSSR count). The molecule has 0 bridgehead atoms. The molecule has 1 aromatic heterocycles. The lowest BCUT2D eigenvalue weighted by atomic mass is 9.94. The lowest BCUT2D eigenvalue weighted by Crippen LogP contribution is -2.33. The Kier molecular flexibility index (Phi) is 5.22. The number of aliphatic imine (C=N–C) groups is 1. The van der Waals surface area contributed by atoms with Gasteiger partial charge < -0.3 is 16.8 Å². The molecular formula is C18H19F2N5O. The van der Waals surface area contributed by atoms with Gasteiger partial charge in [0, 0.05) is 17.4 Å². The van der Waals surface area contributed by atoms with Crippen LogP contribution in [0, 0.1) is 11.6 Å². The number of aromatic nitrogens is 1. The number of anilines is 2. The standard InChI is InChI=1S/C18H19F2N5O/c19-10-4-3-5-11(8-10)23-17-12(16(22)26)9-13(20)18(25-17)24-15-7-2-1-6-14(15)21/h3-5,8-9,14H,1-2,6-7,21H2,(H2,22,26)(H,23,25)/b24-15+/t14-/m0/s1. The van der Waals surface area contributed by atoms with Crippen molar-refractivity contribution in [3.05, 3.63) is 47.5 Å². The van der Waals surface area contributed by atoms with Crippen LogP contribution >= 0.6 is 0 Å². The van der Waals surface area contributed by atoms with Crippen molar-refractivity contribution in [1.82, 2.24) is 4.98 Å². The number of hydrogen-bond donors (Lipinski definition) is 3. The Bertz CT molecular complexity index is 869. The van der Waals surface area contributed by atoms with Crippen LogP contribution in [0.15, 0.2) is 35.3 Å². The fourth-order valence-corrected chi connectivity index (χ4v) is 2.84. The van der Waals surface area contributed by atoms with Gasteiger partial charge in [-0.05, 0) is 43.5 Å². The predicted octanol–water partition coefficient (Wildman–Crippen LogP) is 3.18. The number of benzene rings is 1. The zero-order valence-electron chi connectivity index (χ0n) is 14.0. The van der Waals surface area contributed by atoms with Crippen molar-refractivity contribution in [3.8, 4) is 0 Å². The van der Waals surface area contributed by atoms with Crippen LogP contribution < -0.4 is 16.8 Å². The second-order valence-corrected chi connectivity index (χ2v) is 6.14. The number of carbonyl (C=O) groups is 1. The van der Waals surface area contributed by atoms with Crippen molar-refractivity contribution in [3.63, 3.8) is 0 Å². The molecule has 1 heterocycles. The molecule has 26 heavy (non-hydrogen) atoms. The van der Waals surface area contributed by atoms with E-state index in [1.54, 1.807) is 6.07 Å². The molecule has 1 saturated carbocycles. The van der Waals surface area contributed by atoms with Crippen molar-refractivity contribution in [2.24, 2.45) is 16.5 Å². The highest BCUT2D eigenvalue weighted by molar-refractivity contribution is 5.99. The van der Waals surface area contributed by atoms with Crippen LogP contribution in [0.5, 0.6) is 0 Å². The maximum absolute atomic E-state index is 14.4. The van der Waals surface area contributed by atoms with Crippen LogP contribution in [0.2, 0.25) is 0 Å². The molecule has 0 aliphatic heterocycles. The largest absolute Gasteiger partial charge is 0.365 e. The Morgan fingerprint density at radius 3 is 2.77 bits per heavy atom. The summed E-state index contributed by atoms with van der Waals surface area (Å²) in [6.45, 7) is 0. The zero-order valence-corrected chi connectivity index (χ0v) is 14.0. The van der Waals surface area contributed by atoms with Crippen LogP contribution in [0.25, 0.3) is 0 Å². The number of hydrogen-bond acceptors (Lipinski definition) is 5. The number of amides is 1. The SMILES string of the molecule is NC(=O)c1cc(F)c(/N=C2\CCCC[C@@H]2N)nc1Nc1cccc(F)c1. The summed E-state index contributed by atoms with van der Waals surface area (Å²) in [7, 11) is 0. The number of nitrogens with zero attached hydrogens (tertiary/aromatic N) is 2. The Hall–Kier alpha value is -2.87. The van der Waals surface area contributed by atoms with Gasteiger partial charge in [0.1, 0.15) is 11.6 Å². The molecule has 0 saturated heterocycles. The fourth-order valence-electron chi connectivity index (χ4n) is 2.84. The predicted molar refractivity (Wildman–Crippen MR) is 95.9 cm³/mol. The Morgan fingerprint density at radius 1 is 1.27 bits per heavy atom. The number of pyridine rings is 1. The van der Waals surface area contributed by atoms with Crippen molar-refractivity contribution < 1.29 is 13.6 Å². The maximum atomic E-state index is 14.4. The molecule has 0 radical (unpaired) electrons. The molecule has 0 unspecified atom stereocenters. The van der Waals surface area contributed by atoms with Crippen molar-refractivity contribution in [2.75, 3.05) is 5.32 Å². The molecule has 1 aliphatic rings. The van der Waals surface area contributed by atoms with Gasteiger partial charge in [-0.2, -0.15) is 0 Å². The number of rotatable bonds is 4. The number of carbonyl (C=O) groups excluding carboxylic acids is 1. The summed E-state index contributed by atoms with van der Waals surface area (Å²) in [6.07, 6.45) is 3.39. The molecular weight excluding hydrogens is 340 g/mol. The van der Waals surface area contributed by atoms with Crippen LogP contribution in [-0.4, -0.2) is 22.6 Å². The fraction of sp³-hybridized carbons (Fsp3) is 0.278. The third kappa shape index (κ3) is 4.02. The first-order valence-electron chi connectivity index (χ1n) is 8.30. The summed E-state index contributed by atoms with van der Waals surface area (Å²) in [5.41, 5.74) is 12.2. The lowest BCUT2D eigenvalue weighted by Gasteiger charge is -2.20. The van der Waals surface area contributed by atoms with Crippen LogP contribution in [0.1, 0.15) is 36.0 Å². The van der Waals surface area contributed by atoms with E-state index in [4.69, 9.17) is 11.5 Å². The van der Waals surface area contributed by atoms with E-state index in [0.717, 1.165) is 25.3 Å². The van der Waals surface area contributed by atoms with Crippen LogP contribution in [-0.2, 0) is 0 Å². The van der Waals surface area contributed by atoms with E-state index in [1.807, 2.05) is 0 Å². The monoisotopic (exact) mass is 359 g/mol. The van der Waals surface area contributed by atoms with Gasteiger partial charge in [0.15, 0.2) is 11.6 Å². The number of nitrogens with two attached hydrogens (primary N) is 2. The molecule has 136 valence electrons. The third-order valence-electron chi connectivity index (χ3n) is 4.19. The Morgan fingerprint density at radius 2 is 2.08 bits per heavy atom. The van der Waals surface area contributed by atoms with Crippen molar-refractivity contribution >= 4 is 28.9 Å². The molecule has 1 fully saturated rings. The van der Waals surface area contributed by atoms with E-state index in [0.29, 0.717) is 17.8 Å². The summed E-state index contributed by atoms with van der Waals surface area (Å²) in [4.78, 5) is 20.0. The van der Waals surface area contributed by atoms with Gasteiger partial charge in [0.25, 0.3) is 5.91 Å². The minimum absolute atomic E-state index is 0.00762. The summed E-state index contributed by atoms with van der Waals surface area (Å²) in [6, 6.07) is 6.32. The summed E-state index contributed by atoms with van der Waals surface area (Å²) in [5, 5.41) is 2.79. The first-order chi connectivity index (χ1) is 12.4. The number of primary amides is 1. The van der Waals surface area contributed by atoms with E-state index in [-0.39, 0.29) is 23.2 Å². The molecule has 1 amide bonds. The quantitative estimate of drug-likeness (QED) is 0.779. The van der Waals surface area contributed by atoms with Gasteiger partial charge in [-0.15, -0.1) is 0 Å².